The Morgan fingerprint density at radius 1 is 1.17 bits per heavy atom. The summed E-state index contributed by atoms with van der Waals surface area (Å²) in [5.74, 6) is 4.10. The lowest BCUT2D eigenvalue weighted by Crippen LogP contribution is -2.60. The Morgan fingerprint density at radius 2 is 1.83 bits per heavy atom. The quantitative estimate of drug-likeness (QED) is 0.909. The van der Waals surface area contributed by atoms with E-state index < -0.39 is 0 Å². The van der Waals surface area contributed by atoms with Crippen molar-refractivity contribution in [1.82, 2.24) is 10.5 Å². The second kappa shape index (κ2) is 4.84. The molecule has 6 rings (SSSR count). The molecule has 4 fully saturated rings. The van der Waals surface area contributed by atoms with Crippen molar-refractivity contribution in [2.45, 2.75) is 70.3 Å². The predicted octanol–water partition coefficient (Wildman–Crippen LogP) is 3.50. The van der Waals surface area contributed by atoms with Crippen LogP contribution in [0.5, 0.6) is 0 Å². The standard InChI is InChI=1S/C19H26N2O2/c1-11-2-3-16-15(4-11)17(21-23-16)18(22)20-19-8-12-5-13(9-19)7-14(6-12)10-19/h11-14H,2-10H2,1H3,(H,20,22)/t11-,12?,13?,14?,19?/m1/s1. The van der Waals surface area contributed by atoms with Crippen molar-refractivity contribution in [2.75, 3.05) is 0 Å². The maximum absolute atomic E-state index is 12.9. The molecule has 1 heterocycles. The molecule has 0 saturated heterocycles. The number of aromatic nitrogens is 1. The third-order valence-corrected chi connectivity index (χ3v) is 6.92. The molecule has 1 amide bonds. The van der Waals surface area contributed by atoms with Gasteiger partial charge in [-0.15, -0.1) is 0 Å². The highest BCUT2D eigenvalue weighted by atomic mass is 16.5. The van der Waals surface area contributed by atoms with E-state index in [9.17, 15) is 4.79 Å². The highest BCUT2D eigenvalue weighted by Crippen LogP contribution is 2.55. The number of hydrogen-bond donors (Lipinski definition) is 1. The van der Waals surface area contributed by atoms with Crippen molar-refractivity contribution < 1.29 is 9.32 Å². The van der Waals surface area contributed by atoms with Gasteiger partial charge in [-0.2, -0.15) is 0 Å². The molecule has 0 spiro atoms. The number of nitrogens with one attached hydrogen (secondary N) is 1. The molecule has 0 aromatic carbocycles. The summed E-state index contributed by atoms with van der Waals surface area (Å²) >= 11 is 0. The Balaban J connectivity index is 1.39. The van der Waals surface area contributed by atoms with E-state index in [4.69, 9.17) is 4.52 Å². The third kappa shape index (κ3) is 2.25. The molecule has 23 heavy (non-hydrogen) atoms. The van der Waals surface area contributed by atoms with Crippen molar-refractivity contribution in [3.8, 4) is 0 Å². The van der Waals surface area contributed by atoms with Crippen LogP contribution in [0, 0.1) is 23.7 Å². The summed E-state index contributed by atoms with van der Waals surface area (Å²) in [6.07, 6.45) is 10.7. The fourth-order valence-electron chi connectivity index (χ4n) is 6.32. The van der Waals surface area contributed by atoms with Gasteiger partial charge >= 0.3 is 0 Å². The van der Waals surface area contributed by atoms with Crippen LogP contribution in [0.15, 0.2) is 4.52 Å². The molecule has 1 aromatic heterocycles. The van der Waals surface area contributed by atoms with Crippen LogP contribution in [0.4, 0.5) is 0 Å². The number of nitrogens with zero attached hydrogens (tertiary/aromatic N) is 1. The predicted molar refractivity (Wildman–Crippen MR) is 86.1 cm³/mol. The first-order valence-corrected chi connectivity index (χ1v) is 9.40. The number of hydrogen-bond acceptors (Lipinski definition) is 3. The molecule has 1 aromatic rings. The van der Waals surface area contributed by atoms with Gasteiger partial charge in [0.1, 0.15) is 5.76 Å². The Morgan fingerprint density at radius 3 is 2.48 bits per heavy atom. The summed E-state index contributed by atoms with van der Waals surface area (Å²) in [6, 6.07) is 0. The maximum Gasteiger partial charge on any atom is 0.274 e. The fourth-order valence-corrected chi connectivity index (χ4v) is 6.32. The average Bonchev–Trinajstić information content (AvgIpc) is 2.88. The van der Waals surface area contributed by atoms with Crippen molar-refractivity contribution in [1.29, 1.82) is 0 Å². The van der Waals surface area contributed by atoms with Crippen LogP contribution in [-0.4, -0.2) is 16.6 Å². The van der Waals surface area contributed by atoms with Crippen molar-refractivity contribution >= 4 is 5.91 Å². The molecule has 4 bridgehead atoms. The molecule has 5 aliphatic rings. The number of amides is 1. The maximum atomic E-state index is 12.9. The molecular weight excluding hydrogens is 288 g/mol. The first-order chi connectivity index (χ1) is 11.1. The van der Waals surface area contributed by atoms with Gasteiger partial charge in [-0.05, 0) is 75.0 Å². The third-order valence-electron chi connectivity index (χ3n) is 6.92. The zero-order chi connectivity index (χ0) is 15.6. The number of aryl methyl sites for hydroxylation is 1. The van der Waals surface area contributed by atoms with Crippen LogP contribution in [0.3, 0.4) is 0 Å². The second-order valence-electron chi connectivity index (χ2n) is 8.93. The normalized spacial score (nSPS) is 40.9. The summed E-state index contributed by atoms with van der Waals surface area (Å²) in [4.78, 5) is 12.9. The Hall–Kier alpha value is -1.32. The first-order valence-electron chi connectivity index (χ1n) is 9.40. The Kier molecular flexibility index (Phi) is 2.96. The van der Waals surface area contributed by atoms with Gasteiger partial charge in [0.15, 0.2) is 5.69 Å². The lowest BCUT2D eigenvalue weighted by molar-refractivity contribution is -0.0168. The van der Waals surface area contributed by atoms with Crippen molar-refractivity contribution in [3.63, 3.8) is 0 Å². The minimum absolute atomic E-state index is 0.0195. The number of fused-ring (bicyclic) bond motifs is 1. The van der Waals surface area contributed by atoms with Crippen molar-refractivity contribution in [3.05, 3.63) is 17.0 Å². The molecular formula is C19H26N2O2. The summed E-state index contributed by atoms with van der Waals surface area (Å²) < 4.78 is 5.47. The molecule has 4 saturated carbocycles. The highest BCUT2D eigenvalue weighted by Gasteiger charge is 2.51. The summed E-state index contributed by atoms with van der Waals surface area (Å²) in [5, 5.41) is 7.57. The van der Waals surface area contributed by atoms with Gasteiger partial charge in [-0.25, -0.2) is 0 Å². The van der Waals surface area contributed by atoms with E-state index in [2.05, 4.69) is 17.4 Å². The van der Waals surface area contributed by atoms with Crippen LogP contribution >= 0.6 is 0 Å². The number of rotatable bonds is 2. The molecule has 0 aliphatic heterocycles. The Labute approximate surface area is 137 Å². The number of carbonyl (C=O) groups is 1. The molecule has 0 unspecified atom stereocenters. The molecule has 5 aliphatic carbocycles. The van der Waals surface area contributed by atoms with E-state index in [1.165, 1.54) is 38.5 Å². The van der Waals surface area contributed by atoms with E-state index >= 15 is 0 Å². The van der Waals surface area contributed by atoms with E-state index in [1.807, 2.05) is 0 Å². The van der Waals surface area contributed by atoms with Crippen molar-refractivity contribution in [2.24, 2.45) is 23.7 Å². The van der Waals surface area contributed by atoms with E-state index in [-0.39, 0.29) is 11.4 Å². The monoisotopic (exact) mass is 314 g/mol. The molecule has 124 valence electrons. The van der Waals surface area contributed by atoms with Crippen LogP contribution in [0.2, 0.25) is 0 Å². The molecule has 0 radical (unpaired) electrons. The van der Waals surface area contributed by atoms with Gasteiger partial charge in [0, 0.05) is 17.5 Å². The zero-order valence-electron chi connectivity index (χ0n) is 13.9. The smallest absolute Gasteiger partial charge is 0.274 e. The fraction of sp³-hybridized carbons (Fsp3) is 0.789. The van der Waals surface area contributed by atoms with E-state index in [1.54, 1.807) is 0 Å². The topological polar surface area (TPSA) is 55.1 Å². The zero-order valence-corrected chi connectivity index (χ0v) is 13.9. The SMILES string of the molecule is C[C@@H]1CCc2onc(C(=O)NC34CC5CC(CC(C5)C3)C4)c2C1. The average molecular weight is 314 g/mol. The first kappa shape index (κ1) is 14.1. The van der Waals surface area contributed by atoms with Gasteiger partial charge in [0.2, 0.25) is 0 Å². The lowest BCUT2D eigenvalue weighted by Gasteiger charge is -2.56. The lowest BCUT2D eigenvalue weighted by atomic mass is 9.53. The van der Waals surface area contributed by atoms with Gasteiger partial charge in [0.25, 0.3) is 5.91 Å². The molecule has 1 atom stereocenters. The van der Waals surface area contributed by atoms with Gasteiger partial charge in [0.05, 0.1) is 0 Å². The minimum atomic E-state index is 0.0195. The van der Waals surface area contributed by atoms with Gasteiger partial charge in [-0.1, -0.05) is 12.1 Å². The van der Waals surface area contributed by atoms with Gasteiger partial charge < -0.3 is 9.84 Å². The largest absolute Gasteiger partial charge is 0.360 e. The summed E-state index contributed by atoms with van der Waals surface area (Å²) in [5.41, 5.74) is 1.70. The summed E-state index contributed by atoms with van der Waals surface area (Å²) in [7, 11) is 0. The Bertz CT molecular complexity index is 613. The second-order valence-corrected chi connectivity index (χ2v) is 8.93. The highest BCUT2D eigenvalue weighted by molar-refractivity contribution is 5.94. The molecule has 4 nitrogen and oxygen atoms in total. The molecule has 4 heteroatoms. The van der Waals surface area contributed by atoms with Crippen LogP contribution in [0.25, 0.3) is 0 Å². The van der Waals surface area contributed by atoms with Crippen LogP contribution in [-0.2, 0) is 12.8 Å². The van der Waals surface area contributed by atoms with Crippen LogP contribution < -0.4 is 5.32 Å². The van der Waals surface area contributed by atoms with E-state index in [0.717, 1.165) is 48.3 Å². The molecule has 1 N–H and O–H groups in total. The van der Waals surface area contributed by atoms with Crippen LogP contribution in [0.1, 0.15) is 73.7 Å². The number of carbonyl (C=O) groups excluding carboxylic acids is 1. The summed E-state index contributed by atoms with van der Waals surface area (Å²) in [6.45, 7) is 2.25. The minimum Gasteiger partial charge on any atom is -0.360 e. The van der Waals surface area contributed by atoms with Gasteiger partial charge in [-0.3, -0.25) is 4.79 Å². The van der Waals surface area contributed by atoms with E-state index in [0.29, 0.717) is 11.6 Å².